The monoisotopic (exact) mass is 407 g/mol. The molecular weight excluding hydrogens is 374 g/mol. The lowest BCUT2D eigenvalue weighted by Gasteiger charge is -2.20. The highest BCUT2D eigenvalue weighted by Gasteiger charge is 2.19. The maximum atomic E-state index is 12.1. The van der Waals surface area contributed by atoms with Gasteiger partial charge >= 0.3 is 6.09 Å². The third kappa shape index (κ3) is 5.41. The summed E-state index contributed by atoms with van der Waals surface area (Å²) in [5, 5.41) is 4.14. The molecule has 1 atom stereocenters. The van der Waals surface area contributed by atoms with Gasteiger partial charge in [0.2, 0.25) is 0 Å². The van der Waals surface area contributed by atoms with Gasteiger partial charge in [0.25, 0.3) is 0 Å². The highest BCUT2D eigenvalue weighted by Crippen LogP contribution is 2.32. The molecule has 0 spiro atoms. The summed E-state index contributed by atoms with van der Waals surface area (Å²) in [4.78, 5) is 16.2. The highest BCUT2D eigenvalue weighted by molar-refractivity contribution is 5.89. The van der Waals surface area contributed by atoms with E-state index < -0.39 is 5.60 Å². The minimum Gasteiger partial charge on any atom is -0.444 e. The van der Waals surface area contributed by atoms with Gasteiger partial charge in [-0.3, -0.25) is 4.98 Å². The van der Waals surface area contributed by atoms with Crippen molar-refractivity contribution in [3.8, 4) is 11.1 Å². The third-order valence-corrected chi connectivity index (χ3v) is 4.97. The van der Waals surface area contributed by atoms with Crippen LogP contribution in [0, 0.1) is 5.92 Å². The molecule has 0 aliphatic carbocycles. The molecule has 0 aliphatic rings. The number of fused-ring (bicyclic) bond motifs is 1. The van der Waals surface area contributed by atoms with Crippen molar-refractivity contribution in [2.75, 3.05) is 6.54 Å². The van der Waals surface area contributed by atoms with E-state index in [2.05, 4.69) is 60.0 Å². The number of benzene rings is 1. The Labute approximate surface area is 179 Å². The number of nitrogens with zero attached hydrogens (tertiary/aromatic N) is 2. The largest absolute Gasteiger partial charge is 0.444 e. The first-order valence-electron chi connectivity index (χ1n) is 10.6. The van der Waals surface area contributed by atoms with Gasteiger partial charge in [0, 0.05) is 48.5 Å². The molecule has 2 aromatic heterocycles. The van der Waals surface area contributed by atoms with Crippen LogP contribution in [-0.4, -0.2) is 27.8 Å². The van der Waals surface area contributed by atoms with Crippen molar-refractivity contribution in [1.82, 2.24) is 14.9 Å². The molecule has 160 valence electrons. The van der Waals surface area contributed by atoms with E-state index in [1.807, 2.05) is 45.3 Å². The Morgan fingerprint density at radius 3 is 2.43 bits per heavy atom. The maximum absolute atomic E-state index is 12.1. The standard InChI is InChI=1S/C25H33N3O2/c1-17(2)15-28-16-22(18(3)14-27-24(29)30-25(4,5)6)21-8-7-20(13-23(21)28)19-9-11-26-12-10-19/h7-13,16-18H,14-15H2,1-6H3,(H,27,29). The minimum absolute atomic E-state index is 0.167. The summed E-state index contributed by atoms with van der Waals surface area (Å²) >= 11 is 0. The molecule has 1 amide bonds. The molecule has 0 bridgehead atoms. The van der Waals surface area contributed by atoms with E-state index in [9.17, 15) is 4.79 Å². The van der Waals surface area contributed by atoms with Gasteiger partial charge in [-0.05, 0) is 61.6 Å². The van der Waals surface area contributed by atoms with Gasteiger partial charge in [-0.1, -0.05) is 32.9 Å². The van der Waals surface area contributed by atoms with E-state index in [0.717, 1.165) is 12.1 Å². The molecule has 1 N–H and O–H groups in total. The van der Waals surface area contributed by atoms with Crippen LogP contribution < -0.4 is 5.32 Å². The van der Waals surface area contributed by atoms with Gasteiger partial charge in [-0.25, -0.2) is 4.79 Å². The fourth-order valence-corrected chi connectivity index (χ4v) is 3.64. The number of aromatic nitrogens is 2. The van der Waals surface area contributed by atoms with Crippen molar-refractivity contribution in [2.24, 2.45) is 5.92 Å². The molecule has 0 aliphatic heterocycles. The van der Waals surface area contributed by atoms with E-state index in [-0.39, 0.29) is 12.0 Å². The van der Waals surface area contributed by atoms with Gasteiger partial charge in [-0.2, -0.15) is 0 Å². The fraction of sp³-hybridized carbons (Fsp3) is 0.440. The summed E-state index contributed by atoms with van der Waals surface area (Å²) in [6, 6.07) is 10.7. The fourth-order valence-electron chi connectivity index (χ4n) is 3.64. The zero-order valence-electron chi connectivity index (χ0n) is 18.9. The zero-order chi connectivity index (χ0) is 21.9. The van der Waals surface area contributed by atoms with Crippen LogP contribution in [0.4, 0.5) is 4.79 Å². The van der Waals surface area contributed by atoms with E-state index >= 15 is 0 Å². The van der Waals surface area contributed by atoms with E-state index in [1.54, 1.807) is 0 Å². The Morgan fingerprint density at radius 2 is 1.80 bits per heavy atom. The Balaban J connectivity index is 1.90. The second-order valence-corrected chi connectivity index (χ2v) is 9.38. The van der Waals surface area contributed by atoms with E-state index in [1.165, 1.54) is 22.0 Å². The molecular formula is C25H33N3O2. The van der Waals surface area contributed by atoms with Gasteiger partial charge < -0.3 is 14.6 Å². The second-order valence-electron chi connectivity index (χ2n) is 9.38. The van der Waals surface area contributed by atoms with Gasteiger partial charge in [-0.15, -0.1) is 0 Å². The number of nitrogens with one attached hydrogen (secondary N) is 1. The lowest BCUT2D eigenvalue weighted by molar-refractivity contribution is 0.0525. The summed E-state index contributed by atoms with van der Waals surface area (Å²) in [5.74, 6) is 0.702. The first-order valence-corrected chi connectivity index (χ1v) is 10.6. The maximum Gasteiger partial charge on any atom is 0.407 e. The van der Waals surface area contributed by atoms with Crippen LogP contribution in [0.15, 0.2) is 48.9 Å². The van der Waals surface area contributed by atoms with Gasteiger partial charge in [0.15, 0.2) is 0 Å². The quantitative estimate of drug-likeness (QED) is 0.546. The number of ether oxygens (including phenoxy) is 1. The number of pyridine rings is 1. The summed E-state index contributed by atoms with van der Waals surface area (Å²) in [5.41, 5.74) is 4.30. The molecule has 0 saturated heterocycles. The predicted octanol–water partition coefficient (Wildman–Crippen LogP) is 5.99. The van der Waals surface area contributed by atoms with Crippen molar-refractivity contribution in [3.63, 3.8) is 0 Å². The van der Waals surface area contributed by atoms with Crippen LogP contribution in [0.2, 0.25) is 0 Å². The van der Waals surface area contributed by atoms with Crippen LogP contribution in [0.25, 0.3) is 22.0 Å². The van der Waals surface area contributed by atoms with Gasteiger partial charge in [0.1, 0.15) is 5.60 Å². The van der Waals surface area contributed by atoms with E-state index in [4.69, 9.17) is 4.74 Å². The van der Waals surface area contributed by atoms with Crippen LogP contribution in [0.3, 0.4) is 0 Å². The number of hydrogen-bond donors (Lipinski definition) is 1. The highest BCUT2D eigenvalue weighted by atomic mass is 16.6. The second kappa shape index (κ2) is 8.90. The zero-order valence-corrected chi connectivity index (χ0v) is 18.9. The number of amides is 1. The SMILES string of the molecule is CC(C)Cn1cc(C(C)CNC(=O)OC(C)(C)C)c2ccc(-c3ccncc3)cc21. The smallest absolute Gasteiger partial charge is 0.407 e. The summed E-state index contributed by atoms with van der Waals surface area (Å²) in [6.07, 6.45) is 5.51. The molecule has 0 fully saturated rings. The van der Waals surface area contributed by atoms with Crippen molar-refractivity contribution >= 4 is 17.0 Å². The van der Waals surface area contributed by atoms with Crippen molar-refractivity contribution in [1.29, 1.82) is 0 Å². The molecule has 1 unspecified atom stereocenters. The number of carbonyl (C=O) groups is 1. The molecule has 5 heteroatoms. The molecule has 2 heterocycles. The third-order valence-electron chi connectivity index (χ3n) is 4.97. The van der Waals surface area contributed by atoms with Crippen LogP contribution in [-0.2, 0) is 11.3 Å². The average molecular weight is 408 g/mol. The van der Waals surface area contributed by atoms with Crippen molar-refractivity contribution in [3.05, 3.63) is 54.5 Å². The van der Waals surface area contributed by atoms with Crippen molar-refractivity contribution < 1.29 is 9.53 Å². The molecule has 5 nitrogen and oxygen atoms in total. The topological polar surface area (TPSA) is 56.2 Å². The first kappa shape index (κ1) is 21.9. The summed E-state index contributed by atoms with van der Waals surface area (Å²) in [6.45, 7) is 13.7. The summed E-state index contributed by atoms with van der Waals surface area (Å²) in [7, 11) is 0. The van der Waals surface area contributed by atoms with E-state index in [0.29, 0.717) is 12.5 Å². The van der Waals surface area contributed by atoms with Gasteiger partial charge in [0.05, 0.1) is 0 Å². The number of carbonyl (C=O) groups excluding carboxylic acids is 1. The molecule has 0 radical (unpaired) electrons. The normalized spacial score (nSPS) is 12.9. The lowest BCUT2D eigenvalue weighted by atomic mass is 9.98. The Kier molecular flexibility index (Phi) is 6.49. The first-order chi connectivity index (χ1) is 14.1. The molecule has 0 saturated carbocycles. The van der Waals surface area contributed by atoms with Crippen LogP contribution >= 0.6 is 0 Å². The average Bonchev–Trinajstić information content (AvgIpc) is 3.03. The number of alkyl carbamates (subject to hydrolysis) is 1. The van der Waals surface area contributed by atoms with Crippen LogP contribution in [0.5, 0.6) is 0 Å². The molecule has 3 rings (SSSR count). The number of hydrogen-bond acceptors (Lipinski definition) is 3. The molecule has 1 aromatic carbocycles. The Morgan fingerprint density at radius 1 is 1.10 bits per heavy atom. The van der Waals surface area contributed by atoms with Crippen LogP contribution in [0.1, 0.15) is 53.0 Å². The summed E-state index contributed by atoms with van der Waals surface area (Å²) < 4.78 is 7.71. The Hall–Kier alpha value is -2.82. The lowest BCUT2D eigenvalue weighted by Crippen LogP contribution is -2.34. The predicted molar refractivity (Wildman–Crippen MR) is 123 cm³/mol. The minimum atomic E-state index is -0.496. The molecule has 30 heavy (non-hydrogen) atoms. The Bertz CT molecular complexity index is 1000. The number of rotatable bonds is 6. The van der Waals surface area contributed by atoms with Crippen molar-refractivity contribution in [2.45, 2.75) is 59.6 Å². The molecule has 3 aromatic rings.